The Hall–Kier alpha value is -4.12. The number of benzene rings is 3. The van der Waals surface area contributed by atoms with E-state index in [0.717, 1.165) is 24.8 Å². The molecule has 1 heterocycles. The van der Waals surface area contributed by atoms with Gasteiger partial charge in [-0.25, -0.2) is 4.98 Å². The van der Waals surface area contributed by atoms with E-state index in [4.69, 9.17) is 9.47 Å². The lowest BCUT2D eigenvalue weighted by molar-refractivity contribution is -0.131. The second kappa shape index (κ2) is 11.1. The molecular formula is C31H30N2O3. The molecule has 5 nitrogen and oxygen atoms in total. The smallest absolute Gasteiger partial charge is 0.308 e. The van der Waals surface area contributed by atoms with Gasteiger partial charge in [0, 0.05) is 19.3 Å². The van der Waals surface area contributed by atoms with E-state index in [1.165, 1.54) is 23.6 Å². The first kappa shape index (κ1) is 23.6. The molecule has 1 aromatic heterocycles. The Kier molecular flexibility index (Phi) is 7.27. The number of rotatable bonds is 8. The number of carbonyl (C=O) groups excluding carboxylic acids is 1. The minimum atomic E-state index is -0.275. The van der Waals surface area contributed by atoms with Gasteiger partial charge in [0.05, 0.1) is 6.04 Å². The number of allylic oxidation sites excluding steroid dienone is 1. The zero-order chi connectivity index (χ0) is 24.7. The molecule has 5 heteroatoms. The fraction of sp³-hybridized carbons (Fsp3) is 0.226. The summed E-state index contributed by atoms with van der Waals surface area (Å²) in [6.07, 6.45) is 10.9. The summed E-state index contributed by atoms with van der Waals surface area (Å²) >= 11 is 0. The van der Waals surface area contributed by atoms with Crippen LogP contribution in [-0.4, -0.2) is 22.1 Å². The molecule has 1 aliphatic carbocycles. The van der Waals surface area contributed by atoms with E-state index in [1.807, 2.05) is 30.5 Å². The Balaban J connectivity index is 1.26. The number of aromatic nitrogens is 2. The van der Waals surface area contributed by atoms with Gasteiger partial charge in [0.25, 0.3) is 6.01 Å². The summed E-state index contributed by atoms with van der Waals surface area (Å²) in [6.45, 7) is 1.89. The average Bonchev–Trinajstić information content (AvgIpc) is 3.36. The molecule has 4 aromatic rings. The molecule has 0 spiro atoms. The van der Waals surface area contributed by atoms with Crippen molar-refractivity contribution in [3.05, 3.63) is 126 Å². The second-order valence-electron chi connectivity index (χ2n) is 9.07. The summed E-state index contributed by atoms with van der Waals surface area (Å²) in [6, 6.07) is 27.4. The maximum atomic E-state index is 11.4. The molecule has 0 amide bonds. The molecule has 5 rings (SSSR count). The number of hydrogen-bond donors (Lipinski definition) is 0. The van der Waals surface area contributed by atoms with Crippen LogP contribution >= 0.6 is 0 Å². The van der Waals surface area contributed by atoms with Gasteiger partial charge in [-0.1, -0.05) is 84.9 Å². The predicted molar refractivity (Wildman–Crippen MR) is 140 cm³/mol. The van der Waals surface area contributed by atoms with E-state index in [0.29, 0.717) is 24.3 Å². The number of fused-ring (bicyclic) bond motifs is 1. The summed E-state index contributed by atoms with van der Waals surface area (Å²) in [4.78, 5) is 15.9. The first-order valence-corrected chi connectivity index (χ1v) is 12.4. The highest BCUT2D eigenvalue weighted by molar-refractivity contribution is 5.70. The predicted octanol–water partition coefficient (Wildman–Crippen LogP) is 6.19. The van der Waals surface area contributed by atoms with Gasteiger partial charge in [-0.05, 0) is 53.5 Å². The Bertz CT molecular complexity index is 1290. The third-order valence-electron chi connectivity index (χ3n) is 6.59. The highest BCUT2D eigenvalue weighted by Crippen LogP contribution is 2.33. The van der Waals surface area contributed by atoms with E-state index in [2.05, 4.69) is 76.3 Å². The van der Waals surface area contributed by atoms with E-state index in [9.17, 15) is 4.79 Å². The van der Waals surface area contributed by atoms with Crippen LogP contribution in [0.15, 0.2) is 103 Å². The monoisotopic (exact) mass is 478 g/mol. The molecule has 0 saturated heterocycles. The topological polar surface area (TPSA) is 53.4 Å². The van der Waals surface area contributed by atoms with Crippen molar-refractivity contribution >= 4 is 5.97 Å². The van der Waals surface area contributed by atoms with Gasteiger partial charge in [-0.2, -0.15) is 0 Å². The number of carbonyl (C=O) groups is 1. The maximum absolute atomic E-state index is 11.4. The quantitative estimate of drug-likeness (QED) is 0.172. The van der Waals surface area contributed by atoms with Gasteiger partial charge >= 0.3 is 5.97 Å². The molecule has 1 aliphatic rings. The van der Waals surface area contributed by atoms with Crippen LogP contribution in [0.4, 0.5) is 0 Å². The van der Waals surface area contributed by atoms with Crippen molar-refractivity contribution in [1.29, 1.82) is 0 Å². The fourth-order valence-electron chi connectivity index (χ4n) is 4.98. The van der Waals surface area contributed by atoms with Crippen LogP contribution in [0.25, 0.3) is 0 Å². The number of nitrogens with zero attached hydrogens (tertiary/aromatic N) is 2. The van der Waals surface area contributed by atoms with Gasteiger partial charge in [0.2, 0.25) is 0 Å². The van der Waals surface area contributed by atoms with Gasteiger partial charge in [-0.3, -0.25) is 9.36 Å². The van der Waals surface area contributed by atoms with Gasteiger partial charge in [0.1, 0.15) is 12.4 Å². The molecule has 182 valence electrons. The molecular weight excluding hydrogens is 448 g/mol. The van der Waals surface area contributed by atoms with Crippen molar-refractivity contribution in [2.24, 2.45) is 5.92 Å². The lowest BCUT2D eigenvalue weighted by atomic mass is 9.83. The average molecular weight is 479 g/mol. The molecule has 0 saturated carbocycles. The van der Waals surface area contributed by atoms with Crippen molar-refractivity contribution in [3.8, 4) is 11.8 Å². The van der Waals surface area contributed by atoms with Crippen LogP contribution < -0.4 is 9.47 Å². The van der Waals surface area contributed by atoms with Crippen LogP contribution in [0.5, 0.6) is 11.8 Å². The lowest BCUT2D eigenvalue weighted by Gasteiger charge is -2.24. The summed E-state index contributed by atoms with van der Waals surface area (Å²) in [7, 11) is 0. The normalized spacial score (nSPS) is 15.1. The number of hydrogen-bond acceptors (Lipinski definition) is 4. The Morgan fingerprint density at radius 2 is 1.75 bits per heavy atom. The molecule has 0 aliphatic heterocycles. The first-order valence-electron chi connectivity index (χ1n) is 12.4. The molecule has 3 aromatic carbocycles. The fourth-order valence-corrected chi connectivity index (χ4v) is 4.98. The van der Waals surface area contributed by atoms with Crippen molar-refractivity contribution in [1.82, 2.24) is 9.55 Å². The van der Waals surface area contributed by atoms with Gasteiger partial charge in [0.15, 0.2) is 0 Å². The summed E-state index contributed by atoms with van der Waals surface area (Å²) < 4.78 is 13.6. The highest BCUT2D eigenvalue weighted by Gasteiger charge is 2.21. The summed E-state index contributed by atoms with van der Waals surface area (Å²) in [5.41, 5.74) is 4.76. The lowest BCUT2D eigenvalue weighted by Crippen LogP contribution is -2.15. The Morgan fingerprint density at radius 1 is 1.03 bits per heavy atom. The second-order valence-corrected chi connectivity index (χ2v) is 9.07. The first-order chi connectivity index (χ1) is 17.7. The summed E-state index contributed by atoms with van der Waals surface area (Å²) in [5.74, 6) is 0.849. The standard InChI is InChI=1S/C31H30N2O3/c1-23(34)36-29-16-8-15-27-22-24(17-18-28(27)29)10-9-21-35-31-32-19-20-33(31)30(25-11-4-2-5-12-25)26-13-6-3-7-14-26/h2-16,19-20,24,30H,17-18,21-22H2,1H3. The Labute approximate surface area is 212 Å². The minimum absolute atomic E-state index is 0.0184. The van der Waals surface area contributed by atoms with Gasteiger partial charge in [-0.15, -0.1) is 0 Å². The molecule has 0 N–H and O–H groups in total. The van der Waals surface area contributed by atoms with Crippen LogP contribution in [0.1, 0.15) is 41.6 Å². The number of ether oxygens (including phenoxy) is 2. The third-order valence-corrected chi connectivity index (χ3v) is 6.59. The van der Waals surface area contributed by atoms with Crippen molar-refractivity contribution < 1.29 is 14.3 Å². The van der Waals surface area contributed by atoms with E-state index in [-0.39, 0.29) is 12.0 Å². The van der Waals surface area contributed by atoms with E-state index < -0.39 is 0 Å². The zero-order valence-corrected chi connectivity index (χ0v) is 20.4. The molecule has 1 atom stereocenters. The Morgan fingerprint density at radius 3 is 2.44 bits per heavy atom. The SMILES string of the molecule is CC(=O)Oc1cccc2c1CCC(C=CCOc1nccn1C(c1ccccc1)c1ccccc1)C2. The van der Waals surface area contributed by atoms with Crippen molar-refractivity contribution in [2.45, 2.75) is 32.2 Å². The van der Waals surface area contributed by atoms with E-state index in [1.54, 1.807) is 6.20 Å². The largest absolute Gasteiger partial charge is 0.460 e. The number of esters is 1. The molecule has 0 radical (unpaired) electrons. The van der Waals surface area contributed by atoms with Crippen LogP contribution in [0, 0.1) is 5.92 Å². The zero-order valence-electron chi connectivity index (χ0n) is 20.4. The third kappa shape index (κ3) is 5.41. The van der Waals surface area contributed by atoms with Crippen LogP contribution in [0.3, 0.4) is 0 Å². The van der Waals surface area contributed by atoms with Gasteiger partial charge < -0.3 is 9.47 Å². The highest BCUT2D eigenvalue weighted by atomic mass is 16.5. The molecule has 0 bridgehead atoms. The maximum Gasteiger partial charge on any atom is 0.308 e. The molecule has 1 unspecified atom stereocenters. The van der Waals surface area contributed by atoms with Crippen LogP contribution in [0.2, 0.25) is 0 Å². The summed E-state index contributed by atoms with van der Waals surface area (Å²) in [5, 5.41) is 0. The van der Waals surface area contributed by atoms with Crippen molar-refractivity contribution in [3.63, 3.8) is 0 Å². The molecule has 36 heavy (non-hydrogen) atoms. The number of imidazole rings is 1. The van der Waals surface area contributed by atoms with E-state index >= 15 is 0 Å². The minimum Gasteiger partial charge on any atom is -0.460 e. The van der Waals surface area contributed by atoms with Crippen molar-refractivity contribution in [2.75, 3.05) is 6.61 Å². The molecule has 0 fully saturated rings. The van der Waals surface area contributed by atoms with Crippen LogP contribution in [-0.2, 0) is 17.6 Å².